The Morgan fingerprint density at radius 2 is 2.12 bits per heavy atom. The molecule has 98 valence electrons. The van der Waals surface area contributed by atoms with Crippen molar-refractivity contribution >= 4 is 5.91 Å². The summed E-state index contributed by atoms with van der Waals surface area (Å²) in [6, 6.07) is 0. The Morgan fingerprint density at radius 1 is 1.35 bits per heavy atom. The van der Waals surface area contributed by atoms with Crippen LogP contribution in [0.1, 0.15) is 46.0 Å². The third-order valence-electron chi connectivity index (χ3n) is 4.16. The normalized spacial score (nSPS) is 29.9. The molecule has 17 heavy (non-hydrogen) atoms. The number of carbonyl (C=O) groups is 1. The fourth-order valence-electron chi connectivity index (χ4n) is 3.28. The van der Waals surface area contributed by atoms with Crippen LogP contribution in [0.25, 0.3) is 0 Å². The minimum Gasteiger partial charge on any atom is -0.342 e. The van der Waals surface area contributed by atoms with Crippen LogP contribution in [0.4, 0.5) is 0 Å². The van der Waals surface area contributed by atoms with Gasteiger partial charge < -0.3 is 10.2 Å². The summed E-state index contributed by atoms with van der Waals surface area (Å²) in [7, 11) is 0. The third kappa shape index (κ3) is 3.21. The highest BCUT2D eigenvalue weighted by Crippen LogP contribution is 2.36. The lowest BCUT2D eigenvalue weighted by Gasteiger charge is -2.45. The smallest absolute Gasteiger partial charge is 0.222 e. The van der Waals surface area contributed by atoms with Gasteiger partial charge in [-0.2, -0.15) is 0 Å². The van der Waals surface area contributed by atoms with E-state index in [1.165, 1.54) is 25.7 Å². The summed E-state index contributed by atoms with van der Waals surface area (Å²) < 4.78 is 0. The number of nitrogens with zero attached hydrogens (tertiary/aromatic N) is 1. The van der Waals surface area contributed by atoms with Gasteiger partial charge in [-0.25, -0.2) is 0 Å². The zero-order chi connectivity index (χ0) is 12.3. The fourth-order valence-corrected chi connectivity index (χ4v) is 3.28. The average molecular weight is 238 g/mol. The fraction of sp³-hybridized carbons (Fsp3) is 0.929. The zero-order valence-corrected chi connectivity index (χ0v) is 11.3. The molecule has 0 unspecified atom stereocenters. The Labute approximate surface area is 105 Å². The second kappa shape index (κ2) is 5.38. The minimum absolute atomic E-state index is 0.365. The van der Waals surface area contributed by atoms with Gasteiger partial charge in [0.05, 0.1) is 0 Å². The molecule has 2 heterocycles. The van der Waals surface area contributed by atoms with Crippen molar-refractivity contribution in [3.8, 4) is 0 Å². The number of carbonyl (C=O) groups excluding carboxylic acids is 1. The lowest BCUT2D eigenvalue weighted by molar-refractivity contribution is -0.135. The van der Waals surface area contributed by atoms with Crippen molar-refractivity contribution in [1.29, 1.82) is 0 Å². The van der Waals surface area contributed by atoms with E-state index in [4.69, 9.17) is 0 Å². The molecule has 1 amide bonds. The second-order valence-electron chi connectivity index (χ2n) is 6.30. The highest BCUT2D eigenvalue weighted by Gasteiger charge is 2.37. The molecule has 0 saturated carbocycles. The Bertz CT molecular complexity index is 264. The monoisotopic (exact) mass is 238 g/mol. The number of amides is 1. The van der Waals surface area contributed by atoms with E-state index in [1.807, 2.05) is 0 Å². The van der Waals surface area contributed by atoms with Crippen molar-refractivity contribution in [3.05, 3.63) is 0 Å². The average Bonchev–Trinajstić information content (AvgIpc) is 2.29. The number of nitrogens with one attached hydrogen (secondary N) is 1. The van der Waals surface area contributed by atoms with Gasteiger partial charge in [-0.15, -0.1) is 0 Å². The van der Waals surface area contributed by atoms with Gasteiger partial charge in [0.15, 0.2) is 0 Å². The van der Waals surface area contributed by atoms with Crippen LogP contribution in [-0.2, 0) is 4.79 Å². The Balaban J connectivity index is 1.94. The SMILES string of the molecule is CC(C)CC(=O)N1CCC[C@]2(CCCNC2)C1. The van der Waals surface area contributed by atoms with E-state index in [-0.39, 0.29) is 0 Å². The van der Waals surface area contributed by atoms with Crippen LogP contribution in [0.5, 0.6) is 0 Å². The van der Waals surface area contributed by atoms with Gasteiger partial charge in [0.2, 0.25) is 5.91 Å². The second-order valence-corrected chi connectivity index (χ2v) is 6.30. The molecule has 1 spiro atoms. The van der Waals surface area contributed by atoms with Crippen molar-refractivity contribution in [3.63, 3.8) is 0 Å². The minimum atomic E-state index is 0.365. The molecule has 3 heteroatoms. The molecule has 0 aromatic carbocycles. The van der Waals surface area contributed by atoms with Gasteiger partial charge >= 0.3 is 0 Å². The summed E-state index contributed by atoms with van der Waals surface area (Å²) >= 11 is 0. The van der Waals surface area contributed by atoms with Crippen molar-refractivity contribution in [2.24, 2.45) is 11.3 Å². The Morgan fingerprint density at radius 3 is 2.76 bits per heavy atom. The van der Waals surface area contributed by atoms with E-state index in [0.29, 0.717) is 23.7 Å². The maximum Gasteiger partial charge on any atom is 0.222 e. The van der Waals surface area contributed by atoms with E-state index in [1.54, 1.807) is 0 Å². The molecule has 2 rings (SSSR count). The largest absolute Gasteiger partial charge is 0.342 e. The molecule has 2 aliphatic rings. The molecular weight excluding hydrogens is 212 g/mol. The molecule has 1 N–H and O–H groups in total. The number of likely N-dealkylation sites (tertiary alicyclic amines) is 1. The predicted octanol–water partition coefficient (Wildman–Crippen LogP) is 2.02. The number of rotatable bonds is 2. The van der Waals surface area contributed by atoms with Crippen LogP contribution in [0.15, 0.2) is 0 Å². The molecule has 0 bridgehead atoms. The predicted molar refractivity (Wildman–Crippen MR) is 69.8 cm³/mol. The summed E-state index contributed by atoms with van der Waals surface area (Å²) in [5.41, 5.74) is 0.392. The molecule has 2 aliphatic heterocycles. The highest BCUT2D eigenvalue weighted by molar-refractivity contribution is 5.76. The highest BCUT2D eigenvalue weighted by atomic mass is 16.2. The van der Waals surface area contributed by atoms with Crippen LogP contribution < -0.4 is 5.32 Å². The van der Waals surface area contributed by atoms with E-state index < -0.39 is 0 Å². The van der Waals surface area contributed by atoms with Crippen LogP contribution in [0.2, 0.25) is 0 Å². The first kappa shape index (κ1) is 12.9. The van der Waals surface area contributed by atoms with Gasteiger partial charge in [0, 0.05) is 31.5 Å². The van der Waals surface area contributed by atoms with Gasteiger partial charge in [-0.05, 0) is 38.1 Å². The maximum absolute atomic E-state index is 12.1. The molecule has 0 aromatic heterocycles. The topological polar surface area (TPSA) is 32.3 Å². The Kier molecular flexibility index (Phi) is 4.08. The summed E-state index contributed by atoms with van der Waals surface area (Å²) in [6.07, 6.45) is 5.76. The molecule has 1 atom stereocenters. The quantitative estimate of drug-likeness (QED) is 0.798. The molecule has 3 nitrogen and oxygen atoms in total. The number of piperidine rings is 2. The first-order valence-electron chi connectivity index (χ1n) is 7.10. The first-order chi connectivity index (χ1) is 8.11. The zero-order valence-electron chi connectivity index (χ0n) is 11.3. The van der Waals surface area contributed by atoms with Gasteiger partial charge in [-0.1, -0.05) is 13.8 Å². The van der Waals surface area contributed by atoms with Gasteiger partial charge in [0.1, 0.15) is 0 Å². The summed E-state index contributed by atoms with van der Waals surface area (Å²) in [5.74, 6) is 0.842. The van der Waals surface area contributed by atoms with Crippen molar-refractivity contribution in [1.82, 2.24) is 10.2 Å². The van der Waals surface area contributed by atoms with Crippen LogP contribution in [-0.4, -0.2) is 37.0 Å². The summed E-state index contributed by atoms with van der Waals surface area (Å²) in [5, 5.41) is 3.51. The third-order valence-corrected chi connectivity index (χ3v) is 4.16. The number of hydrogen-bond acceptors (Lipinski definition) is 2. The lowest BCUT2D eigenvalue weighted by Crippen LogP contribution is -2.52. The standard InChI is InChI=1S/C14H26N2O/c1-12(2)9-13(17)16-8-4-6-14(11-16)5-3-7-15-10-14/h12,15H,3-11H2,1-2H3/t14-/m0/s1. The van der Waals surface area contributed by atoms with Crippen LogP contribution >= 0.6 is 0 Å². The first-order valence-corrected chi connectivity index (χ1v) is 7.10. The molecule has 2 fully saturated rings. The van der Waals surface area contributed by atoms with Crippen molar-refractivity contribution in [2.45, 2.75) is 46.0 Å². The Hall–Kier alpha value is -0.570. The van der Waals surface area contributed by atoms with Crippen LogP contribution in [0, 0.1) is 11.3 Å². The summed E-state index contributed by atoms with van der Waals surface area (Å²) in [4.78, 5) is 14.3. The van der Waals surface area contributed by atoms with Crippen molar-refractivity contribution in [2.75, 3.05) is 26.2 Å². The van der Waals surface area contributed by atoms with Gasteiger partial charge in [-0.3, -0.25) is 4.79 Å². The van der Waals surface area contributed by atoms with Gasteiger partial charge in [0.25, 0.3) is 0 Å². The molecule has 0 radical (unpaired) electrons. The molecular formula is C14H26N2O. The van der Waals surface area contributed by atoms with E-state index in [9.17, 15) is 4.79 Å². The van der Waals surface area contributed by atoms with Crippen LogP contribution in [0.3, 0.4) is 0 Å². The molecule has 0 aliphatic carbocycles. The lowest BCUT2D eigenvalue weighted by atomic mass is 9.74. The van der Waals surface area contributed by atoms with E-state index >= 15 is 0 Å². The van der Waals surface area contributed by atoms with E-state index in [0.717, 1.165) is 26.2 Å². The number of hydrogen-bond donors (Lipinski definition) is 1. The summed E-state index contributed by atoms with van der Waals surface area (Å²) in [6.45, 7) is 8.48. The molecule has 2 saturated heterocycles. The molecule has 0 aromatic rings. The maximum atomic E-state index is 12.1. The van der Waals surface area contributed by atoms with E-state index in [2.05, 4.69) is 24.1 Å². The van der Waals surface area contributed by atoms with Crippen molar-refractivity contribution < 1.29 is 4.79 Å².